The van der Waals surface area contributed by atoms with E-state index in [-0.39, 0.29) is 22.7 Å². The minimum atomic E-state index is -0.0640. The lowest BCUT2D eigenvalue weighted by Gasteiger charge is -2.59. The molecule has 3 heteroatoms. The number of hydrogen-bond donors (Lipinski definition) is 0. The van der Waals surface area contributed by atoms with Crippen LogP contribution in [-0.2, 0) is 9.53 Å². The third kappa shape index (κ3) is 2.08. The molecule has 0 amide bonds. The van der Waals surface area contributed by atoms with E-state index < -0.39 is 0 Å². The zero-order valence-corrected chi connectivity index (χ0v) is 15.4. The molecule has 0 saturated heterocycles. The first-order valence-electron chi connectivity index (χ1n) is 9.89. The predicted octanol–water partition coefficient (Wildman–Crippen LogP) is 4.36. The monoisotopic (exact) mass is 329 g/mol. The molecule has 0 aromatic carbocycles. The van der Waals surface area contributed by atoms with E-state index in [2.05, 4.69) is 19.9 Å². The summed E-state index contributed by atoms with van der Waals surface area (Å²) in [4.78, 5) is 13.3. The number of carbonyl (C=O) groups excluding carboxylic acids is 1. The fourth-order valence-corrected chi connectivity index (χ4v) is 7.54. The summed E-state index contributed by atoms with van der Waals surface area (Å²) in [6, 6.07) is 2.53. The van der Waals surface area contributed by atoms with Crippen LogP contribution in [0.2, 0.25) is 0 Å². The first kappa shape index (κ1) is 16.6. The highest BCUT2D eigenvalue weighted by Gasteiger charge is 2.63. The van der Waals surface area contributed by atoms with Crippen molar-refractivity contribution in [2.24, 2.45) is 40.4 Å². The van der Waals surface area contributed by atoms with Crippen LogP contribution >= 0.6 is 0 Å². The van der Waals surface area contributed by atoms with Gasteiger partial charge in [-0.25, -0.2) is 0 Å². The van der Waals surface area contributed by atoms with Crippen LogP contribution in [0.15, 0.2) is 0 Å². The van der Waals surface area contributed by atoms with E-state index >= 15 is 0 Å². The Morgan fingerprint density at radius 2 is 1.83 bits per heavy atom. The fraction of sp³-hybridized carbons (Fsp3) is 0.905. The van der Waals surface area contributed by atoms with E-state index in [1.165, 1.54) is 19.3 Å². The van der Waals surface area contributed by atoms with Crippen molar-refractivity contribution in [1.29, 1.82) is 5.26 Å². The van der Waals surface area contributed by atoms with Crippen LogP contribution in [-0.4, -0.2) is 19.0 Å². The molecule has 2 unspecified atom stereocenters. The number of methoxy groups -OCH3 is 1. The second-order valence-corrected chi connectivity index (χ2v) is 9.58. The molecule has 4 aliphatic rings. The average molecular weight is 329 g/mol. The van der Waals surface area contributed by atoms with Crippen molar-refractivity contribution in [1.82, 2.24) is 0 Å². The Morgan fingerprint density at radius 3 is 2.54 bits per heavy atom. The van der Waals surface area contributed by atoms with Crippen LogP contribution in [0.5, 0.6) is 0 Å². The van der Waals surface area contributed by atoms with Crippen LogP contribution in [0.1, 0.15) is 65.2 Å². The highest BCUT2D eigenvalue weighted by molar-refractivity contribution is 5.84. The van der Waals surface area contributed by atoms with E-state index in [0.717, 1.165) is 25.7 Å². The van der Waals surface area contributed by atoms with Crippen molar-refractivity contribution < 1.29 is 9.53 Å². The fourth-order valence-electron chi connectivity index (χ4n) is 7.54. The molecule has 4 rings (SSSR count). The molecule has 4 aliphatic carbocycles. The second kappa shape index (κ2) is 5.56. The zero-order valence-electron chi connectivity index (χ0n) is 15.4. The second-order valence-electron chi connectivity index (χ2n) is 9.58. The molecule has 24 heavy (non-hydrogen) atoms. The van der Waals surface area contributed by atoms with E-state index in [0.29, 0.717) is 36.1 Å². The van der Waals surface area contributed by atoms with Crippen LogP contribution in [0.25, 0.3) is 0 Å². The van der Waals surface area contributed by atoms with Gasteiger partial charge in [0.1, 0.15) is 5.78 Å². The molecular formula is C21H31NO2. The Hall–Kier alpha value is -0.880. The smallest absolute Gasteiger partial charge is 0.137 e. The molecule has 0 heterocycles. The average Bonchev–Trinajstić information content (AvgIpc) is 2.88. The highest BCUT2D eigenvalue weighted by atomic mass is 16.5. The molecule has 0 bridgehead atoms. The largest absolute Gasteiger partial charge is 0.381 e. The molecular weight excluding hydrogens is 298 g/mol. The van der Waals surface area contributed by atoms with Gasteiger partial charge in [0.15, 0.2) is 0 Å². The number of nitrogens with zero attached hydrogens (tertiary/aromatic N) is 1. The van der Waals surface area contributed by atoms with Crippen molar-refractivity contribution in [3.05, 3.63) is 0 Å². The van der Waals surface area contributed by atoms with Crippen LogP contribution in [0.4, 0.5) is 0 Å². The van der Waals surface area contributed by atoms with Crippen molar-refractivity contribution in [2.75, 3.05) is 7.11 Å². The number of fused-ring (bicyclic) bond motifs is 5. The molecule has 4 saturated carbocycles. The Kier molecular flexibility index (Phi) is 3.84. The van der Waals surface area contributed by atoms with Gasteiger partial charge in [-0.1, -0.05) is 13.8 Å². The van der Waals surface area contributed by atoms with Crippen molar-refractivity contribution in [3.8, 4) is 6.07 Å². The van der Waals surface area contributed by atoms with Crippen LogP contribution < -0.4 is 0 Å². The van der Waals surface area contributed by atoms with Gasteiger partial charge in [-0.2, -0.15) is 5.26 Å². The molecule has 4 fully saturated rings. The van der Waals surface area contributed by atoms with Gasteiger partial charge < -0.3 is 4.74 Å². The van der Waals surface area contributed by atoms with Gasteiger partial charge in [-0.15, -0.1) is 0 Å². The number of Topliss-reactive ketones (excluding diaryl/α,β-unsaturated/α-hetero) is 1. The predicted molar refractivity (Wildman–Crippen MR) is 92.0 cm³/mol. The lowest BCUT2D eigenvalue weighted by molar-refractivity contribution is -0.162. The summed E-state index contributed by atoms with van der Waals surface area (Å²) in [7, 11) is 1.82. The summed E-state index contributed by atoms with van der Waals surface area (Å²) in [5, 5.41) is 9.58. The Labute approximate surface area is 146 Å². The summed E-state index contributed by atoms with van der Waals surface area (Å²) < 4.78 is 5.71. The van der Waals surface area contributed by atoms with Crippen LogP contribution in [0, 0.1) is 51.8 Å². The molecule has 0 aromatic rings. The van der Waals surface area contributed by atoms with E-state index in [1.54, 1.807) is 0 Å². The maximum atomic E-state index is 13.3. The van der Waals surface area contributed by atoms with Gasteiger partial charge >= 0.3 is 0 Å². The van der Waals surface area contributed by atoms with Gasteiger partial charge in [0.05, 0.1) is 18.1 Å². The molecule has 0 aliphatic heterocycles. The van der Waals surface area contributed by atoms with Gasteiger partial charge in [-0.05, 0) is 73.5 Å². The summed E-state index contributed by atoms with van der Waals surface area (Å²) >= 11 is 0. The number of ketones is 1. The first-order chi connectivity index (χ1) is 11.4. The standard InChI is InChI=1S/C21H31NO2/c1-20-11-18(23)19-16(17(20)9-6-14(20)12-22)8-5-13-4-7-15(24-3)10-21(13,19)2/h13-17,19H,4-11H2,1-3H3/t13-,14-,15-,16+,17?,19?,20-,21+/m1/s1. The van der Waals surface area contributed by atoms with Crippen LogP contribution in [0.3, 0.4) is 0 Å². The normalized spacial score (nSPS) is 53.7. The highest BCUT2D eigenvalue weighted by Crippen LogP contribution is 2.66. The quantitative estimate of drug-likeness (QED) is 0.718. The number of ether oxygens (including phenoxy) is 1. The molecule has 0 N–H and O–H groups in total. The molecule has 0 radical (unpaired) electrons. The van der Waals surface area contributed by atoms with E-state index in [9.17, 15) is 10.1 Å². The van der Waals surface area contributed by atoms with Gasteiger partial charge in [0.25, 0.3) is 0 Å². The van der Waals surface area contributed by atoms with E-state index in [1.807, 2.05) is 7.11 Å². The molecule has 0 spiro atoms. The number of nitriles is 1. The number of hydrogen-bond acceptors (Lipinski definition) is 3. The minimum absolute atomic E-state index is 0.0640. The maximum absolute atomic E-state index is 13.3. The van der Waals surface area contributed by atoms with E-state index in [4.69, 9.17) is 4.74 Å². The lowest BCUT2D eigenvalue weighted by Crippen LogP contribution is -2.58. The summed E-state index contributed by atoms with van der Waals surface area (Å²) in [6.07, 6.45) is 8.99. The van der Waals surface area contributed by atoms with Gasteiger partial charge in [0.2, 0.25) is 0 Å². The maximum Gasteiger partial charge on any atom is 0.137 e. The van der Waals surface area contributed by atoms with Gasteiger partial charge in [0, 0.05) is 19.4 Å². The first-order valence-corrected chi connectivity index (χ1v) is 9.89. The third-order valence-corrected chi connectivity index (χ3v) is 8.74. The number of carbonyl (C=O) groups is 1. The lowest BCUT2D eigenvalue weighted by atomic mass is 9.44. The third-order valence-electron chi connectivity index (χ3n) is 8.74. The molecule has 132 valence electrons. The topological polar surface area (TPSA) is 50.1 Å². The van der Waals surface area contributed by atoms with Crippen molar-refractivity contribution >= 4 is 5.78 Å². The minimum Gasteiger partial charge on any atom is -0.381 e. The van der Waals surface area contributed by atoms with Gasteiger partial charge in [-0.3, -0.25) is 4.79 Å². The summed E-state index contributed by atoms with van der Waals surface area (Å²) in [5.41, 5.74) is 0.0521. The zero-order chi connectivity index (χ0) is 17.1. The Morgan fingerprint density at radius 1 is 1.08 bits per heavy atom. The van der Waals surface area contributed by atoms with Crippen molar-refractivity contribution in [2.45, 2.75) is 71.3 Å². The number of rotatable bonds is 1. The Bertz CT molecular complexity index is 581. The summed E-state index contributed by atoms with van der Waals surface area (Å²) in [6.45, 7) is 4.62. The van der Waals surface area contributed by atoms with Crippen molar-refractivity contribution in [3.63, 3.8) is 0 Å². The molecule has 8 atom stereocenters. The summed E-state index contributed by atoms with van der Waals surface area (Å²) in [5.74, 6) is 2.52. The SMILES string of the molecule is CO[C@@H]1CC[C@@H]2CC[C@H]3C4CC[C@H](C#N)[C@@]4(C)CC(=O)C3[C@@]2(C)C1. The Balaban J connectivity index is 1.69. The molecule has 0 aromatic heterocycles. The molecule has 3 nitrogen and oxygen atoms in total.